The molecule has 0 radical (unpaired) electrons. The lowest BCUT2D eigenvalue weighted by molar-refractivity contribution is -0.138. The fourth-order valence-corrected chi connectivity index (χ4v) is 4.89. The highest BCUT2D eigenvalue weighted by molar-refractivity contribution is 5.76. The van der Waals surface area contributed by atoms with Gasteiger partial charge in [-0.05, 0) is 31.9 Å². The molecular formula is C24H28F3N7O3. The average molecular weight is 520 g/mol. The maximum Gasteiger partial charge on any atom is 0.423 e. The highest BCUT2D eigenvalue weighted by Crippen LogP contribution is 2.37. The number of hydrogen-bond acceptors (Lipinski definition) is 8. The number of aromatic nitrogens is 3. The van der Waals surface area contributed by atoms with Gasteiger partial charge in [-0.15, -0.1) is 0 Å². The molecule has 0 spiro atoms. The zero-order chi connectivity index (χ0) is 26.6. The van der Waals surface area contributed by atoms with E-state index < -0.39 is 23.4 Å². The lowest BCUT2D eigenvalue weighted by Gasteiger charge is -2.35. The van der Waals surface area contributed by atoms with Gasteiger partial charge in [-0.25, -0.2) is 10.1 Å². The minimum atomic E-state index is -4.81. The van der Waals surface area contributed by atoms with Gasteiger partial charge >= 0.3 is 6.18 Å². The van der Waals surface area contributed by atoms with E-state index in [4.69, 9.17) is 10.00 Å². The normalized spacial score (nSPS) is 19.1. The maximum atomic E-state index is 13.5. The number of nitrogens with one attached hydrogen (secondary N) is 1. The Morgan fingerprint density at radius 2 is 2.00 bits per heavy atom. The molecule has 1 amide bonds. The van der Waals surface area contributed by atoms with Crippen molar-refractivity contribution in [3.05, 3.63) is 46.0 Å². The second-order valence-electron chi connectivity index (χ2n) is 9.07. The molecule has 2 atom stereocenters. The first-order valence-electron chi connectivity index (χ1n) is 12.1. The molecule has 10 nitrogen and oxygen atoms in total. The van der Waals surface area contributed by atoms with Crippen LogP contribution >= 0.6 is 0 Å². The number of piperazine rings is 1. The molecule has 0 aliphatic carbocycles. The Balaban J connectivity index is 1.28. The number of nitriles is 1. The van der Waals surface area contributed by atoms with Crippen LogP contribution in [-0.2, 0) is 15.7 Å². The first-order chi connectivity index (χ1) is 17.7. The number of alkyl halides is 3. The molecule has 0 aromatic carbocycles. The molecule has 4 heterocycles. The van der Waals surface area contributed by atoms with Crippen molar-refractivity contribution in [3.8, 4) is 6.07 Å². The van der Waals surface area contributed by atoms with Gasteiger partial charge in [0.05, 0.1) is 42.6 Å². The van der Waals surface area contributed by atoms with Crippen LogP contribution in [0.15, 0.2) is 29.3 Å². The summed E-state index contributed by atoms with van der Waals surface area (Å²) in [6, 6.07) is 5.16. The number of halogens is 3. The van der Waals surface area contributed by atoms with E-state index in [0.717, 1.165) is 12.0 Å². The third kappa shape index (κ3) is 6.02. The molecule has 0 bridgehead atoms. The van der Waals surface area contributed by atoms with Crippen molar-refractivity contribution in [2.45, 2.75) is 44.5 Å². The zero-order valence-corrected chi connectivity index (χ0v) is 20.4. The lowest BCUT2D eigenvalue weighted by atomic mass is 10.1. The van der Waals surface area contributed by atoms with Gasteiger partial charge in [-0.3, -0.25) is 9.59 Å². The lowest BCUT2D eigenvalue weighted by Crippen LogP contribution is -2.49. The molecule has 0 saturated carbocycles. The molecule has 1 unspecified atom stereocenters. The van der Waals surface area contributed by atoms with Gasteiger partial charge in [0.2, 0.25) is 5.91 Å². The largest absolute Gasteiger partial charge is 0.423 e. The van der Waals surface area contributed by atoms with E-state index in [2.05, 4.69) is 15.0 Å². The molecule has 2 aromatic heterocycles. The second-order valence-corrected chi connectivity index (χ2v) is 9.07. The number of nitrogens with zero attached hydrogens (tertiary/aromatic N) is 6. The number of amides is 1. The van der Waals surface area contributed by atoms with Crippen LogP contribution in [-0.4, -0.2) is 77.5 Å². The number of pyridine rings is 1. The number of carbonyl (C=O) groups is 1. The fourth-order valence-electron chi connectivity index (χ4n) is 4.89. The minimum absolute atomic E-state index is 0.0546. The SMILES string of the molecule is CC(OCCC(=O)N1CCN(c2ccc(C#N)cn2)CC1)[C@@H]1CCCN1c1cn[nH]c(=O)c1C(F)(F)F. The molecule has 1 N–H and O–H groups in total. The van der Waals surface area contributed by atoms with Crippen molar-refractivity contribution < 1.29 is 22.7 Å². The summed E-state index contributed by atoms with van der Waals surface area (Å²) in [4.78, 5) is 34.2. The van der Waals surface area contributed by atoms with Gasteiger partial charge in [0.15, 0.2) is 0 Å². The van der Waals surface area contributed by atoms with Crippen molar-refractivity contribution in [2.24, 2.45) is 0 Å². The number of hydrogen-bond donors (Lipinski definition) is 1. The van der Waals surface area contributed by atoms with Crippen LogP contribution in [0.4, 0.5) is 24.7 Å². The van der Waals surface area contributed by atoms with Gasteiger partial charge in [0, 0.05) is 38.9 Å². The van der Waals surface area contributed by atoms with Crippen LogP contribution in [0.25, 0.3) is 0 Å². The quantitative estimate of drug-likeness (QED) is 0.592. The molecular weight excluding hydrogens is 491 g/mol. The predicted molar refractivity (Wildman–Crippen MR) is 128 cm³/mol. The standard InChI is InChI=1S/C24H28F3N7O3/c1-16(18-3-2-7-34(18)19-15-30-31-23(36)22(19)24(25,26)27)37-12-6-21(35)33-10-8-32(9-11-33)20-5-4-17(13-28)14-29-20/h4-5,14-16,18H,2-3,6-12H2,1H3,(H,31,36)/t16?,18-/m0/s1. The van der Waals surface area contributed by atoms with Crippen molar-refractivity contribution in [3.63, 3.8) is 0 Å². The Bertz CT molecular complexity index is 1190. The molecule has 2 fully saturated rings. The Hall–Kier alpha value is -3.66. The second kappa shape index (κ2) is 11.2. The van der Waals surface area contributed by atoms with Gasteiger partial charge < -0.3 is 19.4 Å². The van der Waals surface area contributed by atoms with Crippen molar-refractivity contribution in [1.82, 2.24) is 20.1 Å². The Morgan fingerprint density at radius 3 is 2.65 bits per heavy atom. The molecule has 2 aliphatic rings. The molecule has 198 valence electrons. The number of aromatic amines is 1. The minimum Gasteiger partial charge on any atom is -0.376 e. The third-order valence-electron chi connectivity index (χ3n) is 6.80. The summed E-state index contributed by atoms with van der Waals surface area (Å²) < 4.78 is 46.5. The topological polar surface area (TPSA) is 118 Å². The van der Waals surface area contributed by atoms with Gasteiger partial charge in [-0.1, -0.05) is 0 Å². The smallest absolute Gasteiger partial charge is 0.376 e. The van der Waals surface area contributed by atoms with Gasteiger partial charge in [0.1, 0.15) is 17.5 Å². The predicted octanol–water partition coefficient (Wildman–Crippen LogP) is 2.17. The molecule has 2 aromatic rings. The summed E-state index contributed by atoms with van der Waals surface area (Å²) in [6.07, 6.45) is -1.29. The summed E-state index contributed by atoms with van der Waals surface area (Å²) in [5, 5.41) is 14.3. The third-order valence-corrected chi connectivity index (χ3v) is 6.80. The average Bonchev–Trinajstić information content (AvgIpc) is 3.38. The molecule has 4 rings (SSSR count). The van der Waals surface area contributed by atoms with E-state index in [0.29, 0.717) is 51.1 Å². The summed E-state index contributed by atoms with van der Waals surface area (Å²) in [5.41, 5.74) is -2.29. The summed E-state index contributed by atoms with van der Waals surface area (Å²) in [6.45, 7) is 4.55. The van der Waals surface area contributed by atoms with Gasteiger partial charge in [0.25, 0.3) is 5.56 Å². The molecule has 13 heteroatoms. The van der Waals surface area contributed by atoms with Crippen molar-refractivity contribution in [1.29, 1.82) is 5.26 Å². The van der Waals surface area contributed by atoms with E-state index in [1.54, 1.807) is 24.0 Å². The van der Waals surface area contributed by atoms with Crippen LogP contribution in [0.5, 0.6) is 0 Å². The van der Waals surface area contributed by atoms with Crippen LogP contribution in [0.1, 0.15) is 37.3 Å². The summed E-state index contributed by atoms with van der Waals surface area (Å²) in [7, 11) is 0. The first-order valence-corrected chi connectivity index (χ1v) is 12.1. The Kier molecular flexibility index (Phi) is 7.97. The fraction of sp³-hybridized carbons (Fsp3) is 0.542. The highest BCUT2D eigenvalue weighted by atomic mass is 19.4. The number of carbonyl (C=O) groups excluding carboxylic acids is 1. The summed E-state index contributed by atoms with van der Waals surface area (Å²) in [5.74, 6) is 0.703. The maximum absolute atomic E-state index is 13.5. The number of rotatable bonds is 7. The number of anilines is 2. The Labute approximate surface area is 211 Å². The van der Waals surface area contributed by atoms with Crippen LogP contribution in [0, 0.1) is 11.3 Å². The van der Waals surface area contributed by atoms with Crippen LogP contribution in [0.2, 0.25) is 0 Å². The van der Waals surface area contributed by atoms with E-state index >= 15 is 0 Å². The molecule has 2 aliphatic heterocycles. The monoisotopic (exact) mass is 519 g/mol. The first kappa shape index (κ1) is 26.4. The Morgan fingerprint density at radius 1 is 1.24 bits per heavy atom. The number of H-pyrrole nitrogens is 1. The van der Waals surface area contributed by atoms with E-state index in [9.17, 15) is 22.8 Å². The van der Waals surface area contributed by atoms with Crippen molar-refractivity contribution in [2.75, 3.05) is 49.1 Å². The highest BCUT2D eigenvalue weighted by Gasteiger charge is 2.41. The van der Waals surface area contributed by atoms with E-state index in [-0.39, 0.29) is 30.7 Å². The van der Waals surface area contributed by atoms with Crippen LogP contribution in [0.3, 0.4) is 0 Å². The molecule has 37 heavy (non-hydrogen) atoms. The van der Waals surface area contributed by atoms with E-state index in [1.807, 2.05) is 11.2 Å². The number of ether oxygens (including phenoxy) is 1. The summed E-state index contributed by atoms with van der Waals surface area (Å²) >= 11 is 0. The van der Waals surface area contributed by atoms with Crippen molar-refractivity contribution >= 4 is 17.4 Å². The molecule has 2 saturated heterocycles. The van der Waals surface area contributed by atoms with E-state index in [1.165, 1.54) is 11.1 Å². The van der Waals surface area contributed by atoms with Gasteiger partial charge in [-0.2, -0.15) is 23.5 Å². The van der Waals surface area contributed by atoms with Crippen LogP contribution < -0.4 is 15.4 Å². The zero-order valence-electron chi connectivity index (χ0n) is 20.4.